The van der Waals surface area contributed by atoms with E-state index in [1.807, 2.05) is 13.0 Å². The molecule has 0 heterocycles. The molecular formula is C18H19ClN2O4. The van der Waals surface area contributed by atoms with Gasteiger partial charge in [0.15, 0.2) is 0 Å². The highest BCUT2D eigenvalue weighted by atomic mass is 35.5. The van der Waals surface area contributed by atoms with E-state index in [9.17, 15) is 9.59 Å². The smallest absolute Gasteiger partial charge is 0.337 e. The van der Waals surface area contributed by atoms with Crippen molar-refractivity contribution in [1.29, 1.82) is 0 Å². The summed E-state index contributed by atoms with van der Waals surface area (Å²) in [4.78, 5) is 23.3. The average molecular weight is 363 g/mol. The maximum atomic E-state index is 11.9. The van der Waals surface area contributed by atoms with Gasteiger partial charge in [-0.15, -0.1) is 0 Å². The Hall–Kier alpha value is -2.73. The Morgan fingerprint density at radius 1 is 1.16 bits per heavy atom. The molecule has 2 amide bonds. The van der Waals surface area contributed by atoms with Crippen LogP contribution in [0.5, 0.6) is 5.75 Å². The van der Waals surface area contributed by atoms with Crippen LogP contribution in [0.4, 0.5) is 10.5 Å². The third kappa shape index (κ3) is 5.69. The second-order valence-corrected chi connectivity index (χ2v) is 5.65. The van der Waals surface area contributed by atoms with Crippen LogP contribution in [-0.4, -0.2) is 32.3 Å². The maximum Gasteiger partial charge on any atom is 0.337 e. The highest BCUT2D eigenvalue weighted by molar-refractivity contribution is 6.30. The number of hydrogen-bond donors (Lipinski definition) is 2. The van der Waals surface area contributed by atoms with Crippen LogP contribution in [0.25, 0.3) is 0 Å². The van der Waals surface area contributed by atoms with Gasteiger partial charge in [0.25, 0.3) is 0 Å². The summed E-state index contributed by atoms with van der Waals surface area (Å²) in [7, 11) is 1.30. The van der Waals surface area contributed by atoms with Gasteiger partial charge >= 0.3 is 12.0 Å². The van der Waals surface area contributed by atoms with Gasteiger partial charge in [-0.05, 0) is 48.9 Å². The number of hydrogen-bond acceptors (Lipinski definition) is 4. The number of aryl methyl sites for hydroxylation is 1. The van der Waals surface area contributed by atoms with Crippen LogP contribution in [0, 0.1) is 6.92 Å². The number of ether oxygens (including phenoxy) is 2. The number of nitrogens with one attached hydrogen (secondary N) is 2. The summed E-state index contributed by atoms with van der Waals surface area (Å²) in [6.07, 6.45) is 0. The molecule has 2 rings (SSSR count). The fraction of sp³-hybridized carbons (Fsp3) is 0.222. The van der Waals surface area contributed by atoms with Gasteiger partial charge in [0.05, 0.1) is 19.2 Å². The van der Waals surface area contributed by atoms with Crippen LogP contribution < -0.4 is 15.4 Å². The van der Waals surface area contributed by atoms with E-state index in [1.165, 1.54) is 7.11 Å². The molecule has 0 atom stereocenters. The predicted molar refractivity (Wildman–Crippen MR) is 96.5 cm³/mol. The first-order chi connectivity index (χ1) is 12.0. The van der Waals surface area contributed by atoms with Crippen LogP contribution in [0.1, 0.15) is 15.9 Å². The van der Waals surface area contributed by atoms with E-state index in [4.69, 9.17) is 16.3 Å². The van der Waals surface area contributed by atoms with Crippen molar-refractivity contribution in [3.8, 4) is 5.75 Å². The molecule has 0 aliphatic carbocycles. The molecule has 7 heteroatoms. The number of halogens is 1. The minimum absolute atomic E-state index is 0.318. The van der Waals surface area contributed by atoms with Crippen LogP contribution in [0.3, 0.4) is 0 Å². The lowest BCUT2D eigenvalue weighted by Gasteiger charge is -2.11. The molecule has 6 nitrogen and oxygen atoms in total. The Balaban J connectivity index is 1.78. The van der Waals surface area contributed by atoms with Crippen LogP contribution in [0.2, 0.25) is 5.02 Å². The molecule has 0 fully saturated rings. The van der Waals surface area contributed by atoms with Crippen LogP contribution in [0.15, 0.2) is 42.5 Å². The first-order valence-electron chi connectivity index (χ1n) is 7.62. The second-order valence-electron chi connectivity index (χ2n) is 5.21. The molecule has 2 N–H and O–H groups in total. The third-order valence-corrected chi connectivity index (χ3v) is 3.56. The standard InChI is InChI=1S/C18H19ClN2O4/c1-12-10-14(19)6-7-16(12)25-9-8-20-18(23)21-15-5-3-4-13(11-15)17(22)24-2/h3-7,10-11H,8-9H2,1-2H3,(H2,20,21,23). The van der Waals surface area contributed by atoms with Gasteiger partial charge in [-0.3, -0.25) is 0 Å². The Morgan fingerprint density at radius 2 is 1.96 bits per heavy atom. The van der Waals surface area contributed by atoms with E-state index >= 15 is 0 Å². The van der Waals surface area contributed by atoms with Crippen molar-refractivity contribution in [2.45, 2.75) is 6.92 Å². The number of urea groups is 1. The summed E-state index contributed by atoms with van der Waals surface area (Å²) < 4.78 is 10.2. The average Bonchev–Trinajstić information content (AvgIpc) is 2.59. The lowest BCUT2D eigenvalue weighted by atomic mass is 10.2. The van der Waals surface area contributed by atoms with Gasteiger partial charge < -0.3 is 20.1 Å². The number of esters is 1. The number of benzene rings is 2. The summed E-state index contributed by atoms with van der Waals surface area (Å²) in [5.41, 5.74) is 1.79. The summed E-state index contributed by atoms with van der Waals surface area (Å²) >= 11 is 5.89. The first kappa shape index (κ1) is 18.6. The van der Waals surface area contributed by atoms with E-state index < -0.39 is 12.0 Å². The van der Waals surface area contributed by atoms with E-state index in [-0.39, 0.29) is 0 Å². The number of carbonyl (C=O) groups excluding carboxylic acids is 2. The molecule has 0 unspecified atom stereocenters. The van der Waals surface area contributed by atoms with Crippen molar-refractivity contribution in [3.63, 3.8) is 0 Å². The van der Waals surface area contributed by atoms with Gasteiger partial charge in [0, 0.05) is 10.7 Å². The summed E-state index contributed by atoms with van der Waals surface area (Å²) in [5.74, 6) is 0.258. The number of carbonyl (C=O) groups is 2. The van der Waals surface area contributed by atoms with Gasteiger partial charge in [0.1, 0.15) is 12.4 Å². The first-order valence-corrected chi connectivity index (χ1v) is 7.99. The monoisotopic (exact) mass is 362 g/mol. The Morgan fingerprint density at radius 3 is 2.68 bits per heavy atom. The molecule has 0 spiro atoms. The lowest BCUT2D eigenvalue weighted by Crippen LogP contribution is -2.32. The van der Waals surface area contributed by atoms with Gasteiger partial charge in [-0.2, -0.15) is 0 Å². The fourth-order valence-corrected chi connectivity index (χ4v) is 2.34. The van der Waals surface area contributed by atoms with Crippen molar-refractivity contribution in [3.05, 3.63) is 58.6 Å². The molecule has 2 aromatic carbocycles. The van der Waals surface area contributed by atoms with E-state index in [2.05, 4.69) is 15.4 Å². The molecule has 0 aliphatic rings. The van der Waals surface area contributed by atoms with E-state index in [0.29, 0.717) is 29.4 Å². The molecule has 0 saturated heterocycles. The highest BCUT2D eigenvalue weighted by Gasteiger charge is 2.07. The normalized spacial score (nSPS) is 10.0. The van der Waals surface area contributed by atoms with Crippen molar-refractivity contribution in [2.24, 2.45) is 0 Å². The summed E-state index contributed by atoms with van der Waals surface area (Å²) in [5, 5.41) is 5.98. The summed E-state index contributed by atoms with van der Waals surface area (Å²) in [6.45, 7) is 2.54. The molecule has 0 radical (unpaired) electrons. The maximum absolute atomic E-state index is 11.9. The lowest BCUT2D eigenvalue weighted by molar-refractivity contribution is 0.0600. The number of methoxy groups -OCH3 is 1. The molecular weight excluding hydrogens is 344 g/mol. The Labute approximate surface area is 151 Å². The van der Waals surface area contributed by atoms with Gasteiger partial charge in [-0.25, -0.2) is 9.59 Å². The molecule has 132 valence electrons. The third-order valence-electron chi connectivity index (χ3n) is 3.32. The molecule has 25 heavy (non-hydrogen) atoms. The molecule has 2 aromatic rings. The van der Waals surface area contributed by atoms with Gasteiger partial charge in [-0.1, -0.05) is 17.7 Å². The fourth-order valence-electron chi connectivity index (χ4n) is 2.12. The van der Waals surface area contributed by atoms with E-state index in [1.54, 1.807) is 36.4 Å². The zero-order valence-corrected chi connectivity index (χ0v) is 14.7. The SMILES string of the molecule is COC(=O)c1cccc(NC(=O)NCCOc2ccc(Cl)cc2C)c1. The van der Waals surface area contributed by atoms with Gasteiger partial charge in [0.2, 0.25) is 0 Å². The number of amides is 2. The Kier molecular flexibility index (Phi) is 6.65. The molecule has 0 aliphatic heterocycles. The minimum Gasteiger partial charge on any atom is -0.491 e. The molecule has 0 saturated carbocycles. The largest absolute Gasteiger partial charge is 0.491 e. The number of anilines is 1. The van der Waals surface area contributed by atoms with Crippen molar-refractivity contribution in [1.82, 2.24) is 5.32 Å². The zero-order valence-electron chi connectivity index (χ0n) is 14.0. The topological polar surface area (TPSA) is 76.7 Å². The number of rotatable bonds is 6. The van der Waals surface area contributed by atoms with Crippen molar-refractivity contribution < 1.29 is 19.1 Å². The second kappa shape index (κ2) is 8.94. The Bertz CT molecular complexity index is 764. The zero-order chi connectivity index (χ0) is 18.2. The molecule has 0 bridgehead atoms. The predicted octanol–water partition coefficient (Wildman–Crippen LogP) is 3.64. The van der Waals surface area contributed by atoms with E-state index in [0.717, 1.165) is 11.3 Å². The highest BCUT2D eigenvalue weighted by Crippen LogP contribution is 2.21. The molecule has 0 aromatic heterocycles. The van der Waals surface area contributed by atoms with Crippen molar-refractivity contribution >= 4 is 29.3 Å². The van der Waals surface area contributed by atoms with Crippen LogP contribution in [-0.2, 0) is 4.74 Å². The quantitative estimate of drug-likeness (QED) is 0.607. The van der Waals surface area contributed by atoms with Crippen LogP contribution >= 0.6 is 11.6 Å². The summed E-state index contributed by atoms with van der Waals surface area (Å²) in [6, 6.07) is 11.4. The minimum atomic E-state index is -0.462. The van der Waals surface area contributed by atoms with Crippen molar-refractivity contribution in [2.75, 3.05) is 25.6 Å².